The third-order valence-corrected chi connectivity index (χ3v) is 3.63. The van der Waals surface area contributed by atoms with Crippen LogP contribution in [0.4, 0.5) is 5.69 Å². The highest BCUT2D eigenvalue weighted by molar-refractivity contribution is 6.42. The summed E-state index contributed by atoms with van der Waals surface area (Å²) in [6, 6.07) is 7.13. The summed E-state index contributed by atoms with van der Waals surface area (Å²) in [6.45, 7) is 2.88. The molecule has 5 nitrogen and oxygen atoms in total. The van der Waals surface area contributed by atoms with E-state index in [1.54, 1.807) is 17.0 Å². The average Bonchev–Trinajstić information content (AvgIpc) is 2.46. The van der Waals surface area contributed by atoms with Crippen molar-refractivity contribution in [2.24, 2.45) is 0 Å². The average molecular weight is 275 g/mol. The first-order valence-corrected chi connectivity index (χ1v) is 6.78. The molecule has 1 aliphatic rings. The van der Waals surface area contributed by atoms with Crippen molar-refractivity contribution in [3.63, 3.8) is 0 Å². The lowest BCUT2D eigenvalue weighted by Crippen LogP contribution is -2.49. The number of piperazine rings is 1. The summed E-state index contributed by atoms with van der Waals surface area (Å²) in [5.41, 5.74) is 1.47. The number of ketones is 1. The number of nitrogens with zero attached hydrogens (tertiary/aromatic N) is 3. The molecule has 0 bridgehead atoms. The number of amides is 1. The Morgan fingerprint density at radius 2 is 1.55 bits per heavy atom. The first-order chi connectivity index (χ1) is 9.49. The van der Waals surface area contributed by atoms with Crippen molar-refractivity contribution < 1.29 is 9.59 Å². The van der Waals surface area contributed by atoms with Gasteiger partial charge in [-0.25, -0.2) is 0 Å². The first-order valence-electron chi connectivity index (χ1n) is 6.78. The second-order valence-electron chi connectivity index (χ2n) is 5.37. The van der Waals surface area contributed by atoms with Gasteiger partial charge in [-0.1, -0.05) is 0 Å². The molecule has 108 valence electrons. The van der Waals surface area contributed by atoms with E-state index >= 15 is 0 Å². The van der Waals surface area contributed by atoms with Crippen LogP contribution in [0.2, 0.25) is 0 Å². The summed E-state index contributed by atoms with van der Waals surface area (Å²) in [5, 5.41) is 0. The van der Waals surface area contributed by atoms with E-state index in [9.17, 15) is 9.59 Å². The van der Waals surface area contributed by atoms with E-state index in [0.29, 0.717) is 18.7 Å². The lowest BCUT2D eigenvalue weighted by molar-refractivity contribution is -0.127. The number of anilines is 1. The molecule has 1 saturated heterocycles. The van der Waals surface area contributed by atoms with Gasteiger partial charge in [-0.3, -0.25) is 9.59 Å². The predicted octanol–water partition coefficient (Wildman–Crippen LogP) is 0.709. The molecule has 0 N–H and O–H groups in total. The van der Waals surface area contributed by atoms with Crippen LogP contribution in [0.5, 0.6) is 0 Å². The van der Waals surface area contributed by atoms with E-state index in [4.69, 9.17) is 0 Å². The minimum atomic E-state index is -0.417. The zero-order valence-corrected chi connectivity index (χ0v) is 12.3. The minimum Gasteiger partial charge on any atom is -0.378 e. The fourth-order valence-corrected chi connectivity index (χ4v) is 2.19. The van der Waals surface area contributed by atoms with Crippen LogP contribution in [0, 0.1) is 0 Å². The number of rotatable bonds is 3. The third-order valence-electron chi connectivity index (χ3n) is 3.63. The summed E-state index contributed by atoms with van der Waals surface area (Å²) in [7, 11) is 5.89. The van der Waals surface area contributed by atoms with E-state index in [-0.39, 0.29) is 0 Å². The Labute approximate surface area is 119 Å². The Bertz CT molecular complexity index is 488. The van der Waals surface area contributed by atoms with Crippen LogP contribution >= 0.6 is 0 Å². The lowest BCUT2D eigenvalue weighted by Gasteiger charge is -2.31. The molecule has 0 atom stereocenters. The van der Waals surface area contributed by atoms with Gasteiger partial charge >= 0.3 is 0 Å². The highest BCUT2D eigenvalue weighted by Gasteiger charge is 2.25. The van der Waals surface area contributed by atoms with Gasteiger partial charge in [0.1, 0.15) is 0 Å². The molecule has 1 heterocycles. The number of hydrogen-bond acceptors (Lipinski definition) is 4. The van der Waals surface area contributed by atoms with Crippen molar-refractivity contribution in [1.82, 2.24) is 9.80 Å². The maximum Gasteiger partial charge on any atom is 0.295 e. The van der Waals surface area contributed by atoms with Crippen LogP contribution in [0.25, 0.3) is 0 Å². The number of likely N-dealkylation sites (N-methyl/N-ethyl adjacent to an activating group) is 1. The third kappa shape index (κ3) is 3.17. The molecule has 1 fully saturated rings. The molecular formula is C15H21N3O2. The second-order valence-corrected chi connectivity index (χ2v) is 5.37. The molecule has 1 amide bonds. The Balaban J connectivity index is 2.05. The molecule has 0 aliphatic carbocycles. The minimum absolute atomic E-state index is 0.393. The Hall–Kier alpha value is -1.88. The topological polar surface area (TPSA) is 43.9 Å². The summed E-state index contributed by atoms with van der Waals surface area (Å²) >= 11 is 0. The summed E-state index contributed by atoms with van der Waals surface area (Å²) in [4.78, 5) is 30.1. The van der Waals surface area contributed by atoms with Crippen LogP contribution in [0.1, 0.15) is 10.4 Å². The Morgan fingerprint density at radius 1 is 1.00 bits per heavy atom. The van der Waals surface area contributed by atoms with Gasteiger partial charge in [-0.2, -0.15) is 0 Å². The Kier molecular flexibility index (Phi) is 4.39. The molecule has 0 aromatic heterocycles. The number of hydrogen-bond donors (Lipinski definition) is 0. The van der Waals surface area contributed by atoms with Crippen LogP contribution in [-0.2, 0) is 4.79 Å². The van der Waals surface area contributed by atoms with E-state index in [1.165, 1.54) is 0 Å². The van der Waals surface area contributed by atoms with Crippen molar-refractivity contribution in [1.29, 1.82) is 0 Å². The summed E-state index contributed by atoms with van der Waals surface area (Å²) < 4.78 is 0. The second kappa shape index (κ2) is 6.05. The molecule has 2 rings (SSSR count). The maximum atomic E-state index is 12.2. The molecule has 5 heteroatoms. The van der Waals surface area contributed by atoms with Crippen LogP contribution in [0.3, 0.4) is 0 Å². The summed E-state index contributed by atoms with van der Waals surface area (Å²) in [5.74, 6) is -0.810. The first kappa shape index (κ1) is 14.5. The zero-order valence-electron chi connectivity index (χ0n) is 12.3. The molecule has 0 saturated carbocycles. The maximum absolute atomic E-state index is 12.2. The van der Waals surface area contributed by atoms with Crippen molar-refractivity contribution in [3.8, 4) is 0 Å². The van der Waals surface area contributed by atoms with Gasteiger partial charge in [0, 0.05) is 51.5 Å². The van der Waals surface area contributed by atoms with Gasteiger partial charge in [-0.15, -0.1) is 0 Å². The van der Waals surface area contributed by atoms with Gasteiger partial charge in [0.25, 0.3) is 5.91 Å². The molecule has 1 aromatic carbocycles. The Morgan fingerprint density at radius 3 is 2.05 bits per heavy atom. The van der Waals surface area contributed by atoms with Crippen LogP contribution in [0.15, 0.2) is 24.3 Å². The van der Waals surface area contributed by atoms with Gasteiger partial charge < -0.3 is 14.7 Å². The van der Waals surface area contributed by atoms with Crippen molar-refractivity contribution in [2.75, 3.05) is 52.2 Å². The zero-order chi connectivity index (χ0) is 14.7. The molecule has 0 unspecified atom stereocenters. The van der Waals surface area contributed by atoms with Crippen LogP contribution in [-0.4, -0.2) is 68.8 Å². The smallest absolute Gasteiger partial charge is 0.295 e. The predicted molar refractivity (Wildman–Crippen MR) is 79.2 cm³/mol. The monoisotopic (exact) mass is 275 g/mol. The highest BCUT2D eigenvalue weighted by Crippen LogP contribution is 2.13. The van der Waals surface area contributed by atoms with Crippen LogP contribution < -0.4 is 4.90 Å². The van der Waals surface area contributed by atoms with Gasteiger partial charge in [0.05, 0.1) is 0 Å². The SMILES string of the molecule is CN1CCN(C(=O)C(=O)c2ccc(N(C)C)cc2)CC1. The molecule has 0 radical (unpaired) electrons. The largest absolute Gasteiger partial charge is 0.378 e. The fourth-order valence-electron chi connectivity index (χ4n) is 2.19. The molecule has 1 aromatic rings. The van der Waals surface area contributed by atoms with Crippen molar-refractivity contribution >= 4 is 17.4 Å². The van der Waals surface area contributed by atoms with Gasteiger partial charge in [-0.05, 0) is 31.3 Å². The molecule has 1 aliphatic heterocycles. The van der Waals surface area contributed by atoms with Crippen molar-refractivity contribution in [2.45, 2.75) is 0 Å². The fraction of sp³-hybridized carbons (Fsp3) is 0.467. The number of Topliss-reactive ketones (excluding diaryl/α,β-unsaturated/α-hetero) is 1. The van der Waals surface area contributed by atoms with E-state index in [0.717, 1.165) is 18.8 Å². The number of carbonyl (C=O) groups excluding carboxylic acids is 2. The lowest BCUT2D eigenvalue weighted by atomic mass is 10.1. The summed E-state index contributed by atoms with van der Waals surface area (Å²) in [6.07, 6.45) is 0. The van der Waals surface area contributed by atoms with Gasteiger partial charge in [0.15, 0.2) is 0 Å². The van der Waals surface area contributed by atoms with Gasteiger partial charge in [0.2, 0.25) is 5.78 Å². The van der Waals surface area contributed by atoms with E-state index in [2.05, 4.69) is 4.90 Å². The number of benzene rings is 1. The molecule has 0 spiro atoms. The van der Waals surface area contributed by atoms with E-state index in [1.807, 2.05) is 38.2 Å². The van der Waals surface area contributed by atoms with E-state index < -0.39 is 11.7 Å². The highest BCUT2D eigenvalue weighted by atomic mass is 16.2. The van der Waals surface area contributed by atoms with Crippen molar-refractivity contribution in [3.05, 3.63) is 29.8 Å². The normalized spacial score (nSPS) is 16.1. The number of carbonyl (C=O) groups is 2. The molecular weight excluding hydrogens is 254 g/mol. The quantitative estimate of drug-likeness (QED) is 0.602. The molecule has 20 heavy (non-hydrogen) atoms. The standard InChI is InChI=1S/C15H21N3O2/c1-16(2)13-6-4-12(5-7-13)14(19)15(20)18-10-8-17(3)9-11-18/h4-7H,8-11H2,1-3H3.